The molecule has 0 aliphatic carbocycles. The number of aliphatic hydroxyl groups is 1. The van der Waals surface area contributed by atoms with Crippen LogP contribution in [-0.2, 0) is 14.9 Å². The topological polar surface area (TPSA) is 127 Å². The van der Waals surface area contributed by atoms with Crippen molar-refractivity contribution in [1.82, 2.24) is 0 Å². The van der Waals surface area contributed by atoms with Crippen LogP contribution in [0.2, 0.25) is 0 Å². The summed E-state index contributed by atoms with van der Waals surface area (Å²) < 4.78 is 34.3. The van der Waals surface area contributed by atoms with Gasteiger partial charge in [-0.2, -0.15) is 8.42 Å². The van der Waals surface area contributed by atoms with Crippen LogP contribution in [0.25, 0.3) is 0 Å². The fourth-order valence-electron chi connectivity index (χ4n) is 2.41. The Morgan fingerprint density at radius 2 is 1.33 bits per heavy atom. The first-order valence-electron chi connectivity index (χ1n) is 9.02. The van der Waals surface area contributed by atoms with Crippen LogP contribution < -0.4 is 5.73 Å². The number of esters is 1. The molecule has 8 heteroatoms. The van der Waals surface area contributed by atoms with Crippen molar-refractivity contribution in [3.8, 4) is 0 Å². The zero-order chi connectivity index (χ0) is 22.0. The monoisotopic (exact) mass is 429 g/mol. The molecule has 0 aliphatic rings. The fourth-order valence-corrected chi connectivity index (χ4v) is 2.91. The Kier molecular flexibility index (Phi) is 8.70. The van der Waals surface area contributed by atoms with E-state index in [-0.39, 0.29) is 11.5 Å². The van der Waals surface area contributed by atoms with Crippen molar-refractivity contribution >= 4 is 16.1 Å². The number of carbonyl (C=O) groups is 1. The van der Waals surface area contributed by atoms with Crippen molar-refractivity contribution in [2.24, 2.45) is 5.73 Å². The van der Waals surface area contributed by atoms with Crippen molar-refractivity contribution in [3.05, 3.63) is 102 Å². The number of rotatable bonds is 6. The third-order valence-electron chi connectivity index (χ3n) is 4.00. The molecule has 3 aromatic carbocycles. The van der Waals surface area contributed by atoms with Gasteiger partial charge in [0.15, 0.2) is 0 Å². The molecule has 3 aromatic rings. The zero-order valence-corrected chi connectivity index (χ0v) is 16.9. The van der Waals surface area contributed by atoms with Crippen LogP contribution in [0.1, 0.15) is 22.0 Å². The predicted molar refractivity (Wildman–Crippen MR) is 112 cm³/mol. The highest BCUT2D eigenvalue weighted by atomic mass is 32.2. The molecule has 2 unspecified atom stereocenters. The standard InChI is InChI=1S/C16H17NO3.C6H6O3S/c17-14(15(18)12-7-3-1-4-8-12)11-20-16(19)13-9-5-2-6-10-13;7-10(8,9)6-4-2-1-3-5-6/h1-10,14-15,18H,11,17H2;1-5H,(H,7,8,9). The zero-order valence-electron chi connectivity index (χ0n) is 16.0. The summed E-state index contributed by atoms with van der Waals surface area (Å²) in [7, 11) is -4.00. The minimum Gasteiger partial charge on any atom is -0.460 e. The van der Waals surface area contributed by atoms with Crippen LogP contribution in [0.15, 0.2) is 95.9 Å². The highest BCUT2D eigenvalue weighted by Crippen LogP contribution is 2.15. The lowest BCUT2D eigenvalue weighted by molar-refractivity contribution is 0.0374. The molecule has 2 atom stereocenters. The lowest BCUT2D eigenvalue weighted by Gasteiger charge is -2.19. The molecule has 0 radical (unpaired) electrons. The average Bonchev–Trinajstić information content (AvgIpc) is 2.78. The van der Waals surface area contributed by atoms with Crippen molar-refractivity contribution in [1.29, 1.82) is 0 Å². The third-order valence-corrected chi connectivity index (χ3v) is 4.87. The molecular weight excluding hydrogens is 406 g/mol. The van der Waals surface area contributed by atoms with Crippen LogP contribution >= 0.6 is 0 Å². The molecule has 0 saturated carbocycles. The van der Waals surface area contributed by atoms with Gasteiger partial charge in [-0.15, -0.1) is 0 Å². The van der Waals surface area contributed by atoms with Gasteiger partial charge in [-0.25, -0.2) is 4.79 Å². The molecule has 30 heavy (non-hydrogen) atoms. The number of benzene rings is 3. The van der Waals surface area contributed by atoms with E-state index in [1.165, 1.54) is 12.1 Å². The molecule has 0 aliphatic heterocycles. The summed E-state index contributed by atoms with van der Waals surface area (Å²) >= 11 is 0. The van der Waals surface area contributed by atoms with Gasteiger partial charge in [0.05, 0.1) is 22.6 Å². The summed E-state index contributed by atoms with van der Waals surface area (Å²) in [6.45, 7) is -0.0379. The van der Waals surface area contributed by atoms with Crippen molar-refractivity contribution in [2.45, 2.75) is 17.0 Å². The highest BCUT2D eigenvalue weighted by Gasteiger charge is 2.18. The van der Waals surface area contributed by atoms with Gasteiger partial charge in [-0.3, -0.25) is 4.55 Å². The summed E-state index contributed by atoms with van der Waals surface area (Å²) in [4.78, 5) is 11.7. The predicted octanol–water partition coefficient (Wildman–Crippen LogP) is 2.84. The highest BCUT2D eigenvalue weighted by molar-refractivity contribution is 7.85. The average molecular weight is 429 g/mol. The van der Waals surface area contributed by atoms with E-state index in [1.807, 2.05) is 24.3 Å². The molecule has 0 heterocycles. The molecule has 3 rings (SSSR count). The largest absolute Gasteiger partial charge is 0.460 e. The second-order valence-electron chi connectivity index (χ2n) is 6.27. The number of aliphatic hydroxyl groups excluding tert-OH is 1. The Hall–Kier alpha value is -3.04. The van der Waals surface area contributed by atoms with Gasteiger partial charge in [0, 0.05) is 0 Å². The molecule has 0 amide bonds. The van der Waals surface area contributed by atoms with Gasteiger partial charge >= 0.3 is 5.97 Å². The summed E-state index contributed by atoms with van der Waals surface area (Å²) in [6.07, 6.45) is -0.861. The van der Waals surface area contributed by atoms with Crippen LogP contribution in [0.4, 0.5) is 0 Å². The molecular formula is C22H23NO6S. The van der Waals surface area contributed by atoms with Crippen molar-refractivity contribution < 1.29 is 27.6 Å². The fraction of sp³-hybridized carbons (Fsp3) is 0.136. The van der Waals surface area contributed by atoms with E-state index in [4.69, 9.17) is 15.0 Å². The minimum absolute atomic E-state index is 0.0379. The van der Waals surface area contributed by atoms with E-state index in [0.717, 1.165) is 0 Å². The Balaban J connectivity index is 0.000000269. The summed E-state index contributed by atoms with van der Waals surface area (Å²) in [5, 5.41) is 10.1. The molecule has 158 valence electrons. The van der Waals surface area contributed by atoms with Crippen molar-refractivity contribution in [3.63, 3.8) is 0 Å². The first-order valence-corrected chi connectivity index (χ1v) is 10.5. The molecule has 0 aromatic heterocycles. The number of hydrogen-bond donors (Lipinski definition) is 3. The Morgan fingerprint density at radius 1 is 0.867 bits per heavy atom. The minimum atomic E-state index is -4.00. The van der Waals surface area contributed by atoms with Gasteiger partial charge in [0.2, 0.25) is 0 Å². The van der Waals surface area contributed by atoms with Gasteiger partial charge in [-0.05, 0) is 29.8 Å². The van der Waals surface area contributed by atoms with E-state index in [9.17, 15) is 18.3 Å². The molecule has 7 nitrogen and oxygen atoms in total. The molecule has 0 saturated heterocycles. The van der Waals surface area contributed by atoms with Crippen LogP contribution in [0, 0.1) is 0 Å². The van der Waals surface area contributed by atoms with Crippen LogP contribution in [0.3, 0.4) is 0 Å². The summed E-state index contributed by atoms with van der Waals surface area (Å²) in [6, 6.07) is 24.5. The summed E-state index contributed by atoms with van der Waals surface area (Å²) in [5.74, 6) is -0.443. The molecule has 4 N–H and O–H groups in total. The first kappa shape index (κ1) is 23.2. The van der Waals surface area contributed by atoms with E-state index >= 15 is 0 Å². The maximum atomic E-state index is 11.7. The summed E-state index contributed by atoms with van der Waals surface area (Å²) in [5.41, 5.74) is 7.02. The van der Waals surface area contributed by atoms with Crippen LogP contribution in [-0.4, -0.2) is 36.7 Å². The van der Waals surface area contributed by atoms with Crippen LogP contribution in [0.5, 0.6) is 0 Å². The third kappa shape index (κ3) is 7.41. The molecule has 0 bridgehead atoms. The lowest BCUT2D eigenvalue weighted by Crippen LogP contribution is -2.34. The maximum absolute atomic E-state index is 11.7. The smallest absolute Gasteiger partial charge is 0.338 e. The Labute approximate surface area is 175 Å². The Bertz CT molecular complexity index is 1010. The number of hydrogen-bond acceptors (Lipinski definition) is 6. The van der Waals surface area contributed by atoms with E-state index in [1.54, 1.807) is 54.6 Å². The number of carbonyl (C=O) groups excluding carboxylic acids is 1. The normalized spacial score (nSPS) is 12.8. The van der Waals surface area contributed by atoms with E-state index in [2.05, 4.69) is 0 Å². The van der Waals surface area contributed by atoms with Crippen molar-refractivity contribution in [2.75, 3.05) is 6.61 Å². The van der Waals surface area contributed by atoms with E-state index in [0.29, 0.717) is 11.1 Å². The van der Waals surface area contributed by atoms with Gasteiger partial charge in [0.1, 0.15) is 6.61 Å². The number of nitrogens with two attached hydrogens (primary N) is 1. The van der Waals surface area contributed by atoms with Gasteiger partial charge in [0.25, 0.3) is 10.1 Å². The quantitative estimate of drug-likeness (QED) is 0.406. The molecule has 0 spiro atoms. The lowest BCUT2D eigenvalue weighted by atomic mass is 10.0. The van der Waals surface area contributed by atoms with E-state index < -0.39 is 28.2 Å². The molecule has 0 fully saturated rings. The maximum Gasteiger partial charge on any atom is 0.338 e. The van der Waals surface area contributed by atoms with Gasteiger partial charge in [-0.1, -0.05) is 66.7 Å². The first-order chi connectivity index (χ1) is 14.3. The second kappa shape index (κ2) is 11.2. The Morgan fingerprint density at radius 3 is 1.80 bits per heavy atom. The second-order valence-corrected chi connectivity index (χ2v) is 7.69. The SMILES string of the molecule is NC(COC(=O)c1ccccc1)C(O)c1ccccc1.O=S(=O)(O)c1ccccc1. The van der Waals surface area contributed by atoms with Gasteiger partial charge < -0.3 is 15.6 Å². The number of ether oxygens (including phenoxy) is 1.